The van der Waals surface area contributed by atoms with Gasteiger partial charge in [0.15, 0.2) is 0 Å². The molecule has 2 aromatic carbocycles. The van der Waals surface area contributed by atoms with Crippen molar-refractivity contribution in [3.05, 3.63) is 95.4 Å². The normalized spacial score (nSPS) is 14.0. The lowest BCUT2D eigenvalue weighted by atomic mass is 9.86. The van der Waals surface area contributed by atoms with Crippen molar-refractivity contribution in [3.63, 3.8) is 0 Å². The summed E-state index contributed by atoms with van der Waals surface area (Å²) < 4.78 is 41.8. The molecule has 0 unspecified atom stereocenters. The van der Waals surface area contributed by atoms with Crippen molar-refractivity contribution in [2.75, 3.05) is 25.0 Å². The maximum atomic E-state index is 13.5. The molecule has 1 amide bonds. The van der Waals surface area contributed by atoms with Gasteiger partial charge in [0.25, 0.3) is 0 Å². The molecule has 1 fully saturated rings. The first kappa shape index (κ1) is 32.6. The molecule has 0 saturated carbocycles. The van der Waals surface area contributed by atoms with Crippen LogP contribution in [0.3, 0.4) is 0 Å². The molecular weight excluding hydrogens is 589 g/mol. The Morgan fingerprint density at radius 2 is 1.72 bits per heavy atom. The minimum Gasteiger partial charge on any atom is -0.374 e. The van der Waals surface area contributed by atoms with E-state index in [9.17, 15) is 23.2 Å². The molecule has 3 heterocycles. The minimum absolute atomic E-state index is 0.114. The molecule has 46 heavy (non-hydrogen) atoms. The lowest BCUT2D eigenvalue weighted by Gasteiger charge is -2.32. The molecule has 4 aromatic rings. The molecule has 5 rings (SSSR count). The van der Waals surface area contributed by atoms with E-state index in [0.717, 1.165) is 35.2 Å². The molecule has 0 bridgehead atoms. The highest BCUT2D eigenvalue weighted by Gasteiger charge is 2.30. The Morgan fingerprint density at radius 1 is 1.00 bits per heavy atom. The van der Waals surface area contributed by atoms with E-state index in [1.54, 1.807) is 24.5 Å². The van der Waals surface area contributed by atoms with E-state index in [4.69, 9.17) is 0 Å². The van der Waals surface area contributed by atoms with E-state index < -0.39 is 18.1 Å². The van der Waals surface area contributed by atoms with Crippen LogP contribution in [-0.4, -0.2) is 52.2 Å². The van der Waals surface area contributed by atoms with Crippen LogP contribution in [0.4, 0.5) is 18.9 Å². The van der Waals surface area contributed by atoms with Crippen LogP contribution in [-0.2, 0) is 29.7 Å². The summed E-state index contributed by atoms with van der Waals surface area (Å²) in [5.41, 5.74) is 3.81. The number of benzene rings is 2. The van der Waals surface area contributed by atoms with Gasteiger partial charge < -0.3 is 20.1 Å². The number of nitrogens with one attached hydrogen (secondary N) is 2. The third kappa shape index (κ3) is 8.47. The molecule has 0 spiro atoms. The maximum Gasteiger partial charge on any atom is 0.406 e. The van der Waals surface area contributed by atoms with Crippen LogP contribution in [0.5, 0.6) is 0 Å². The summed E-state index contributed by atoms with van der Waals surface area (Å²) in [6.07, 6.45) is 1.03. The fraction of sp³-hybridized carbons (Fsp3) is 0.361. The predicted octanol–water partition coefficient (Wildman–Crippen LogP) is 6.19. The number of carbonyl (C=O) groups is 1. The number of halogens is 3. The summed E-state index contributed by atoms with van der Waals surface area (Å²) in [5.74, 6) is 6.00. The standard InChI is InChI=1S/C36H37F3N6O/c1-35(2,24-40)29-6-8-30(9-7-29)42-15-3-4-32-22-28-20-27(5-10-33(28)45(32)25-36(37,38)39)23-43-31-13-18-44(19-14-31)34(46)21-26-11-16-41-17-12-26/h5-12,16-17,20,22,31,42-43H,13-15,18-19,21,23,25H2,1-2H3. The first-order valence-electron chi connectivity index (χ1n) is 15.3. The Balaban J connectivity index is 1.19. The number of aromatic nitrogens is 2. The Labute approximate surface area is 267 Å². The van der Waals surface area contributed by atoms with Crippen LogP contribution in [0.2, 0.25) is 0 Å². The smallest absolute Gasteiger partial charge is 0.374 e. The minimum atomic E-state index is -4.39. The third-order valence-electron chi connectivity index (χ3n) is 8.33. The fourth-order valence-electron chi connectivity index (χ4n) is 5.62. The van der Waals surface area contributed by atoms with Gasteiger partial charge in [-0.1, -0.05) is 24.1 Å². The molecule has 1 saturated heterocycles. The van der Waals surface area contributed by atoms with Crippen molar-refractivity contribution in [3.8, 4) is 17.9 Å². The Morgan fingerprint density at radius 3 is 2.39 bits per heavy atom. The molecule has 2 N–H and O–H groups in total. The van der Waals surface area contributed by atoms with Crippen LogP contribution in [0.1, 0.15) is 49.1 Å². The number of rotatable bonds is 9. The molecule has 238 valence electrons. The Hall–Kier alpha value is -4.80. The highest BCUT2D eigenvalue weighted by atomic mass is 19.4. The summed E-state index contributed by atoms with van der Waals surface area (Å²) in [6.45, 7) is 4.76. The molecule has 1 aliphatic heterocycles. The SMILES string of the molecule is CC(C)(C#N)c1ccc(NCC#Cc2cc3cc(CNC4CCN(C(=O)Cc5ccncc5)CC4)ccc3n2CC(F)(F)F)cc1. The van der Waals surface area contributed by atoms with Gasteiger partial charge in [-0.15, -0.1) is 0 Å². The summed E-state index contributed by atoms with van der Waals surface area (Å²) in [6, 6.07) is 20.9. The van der Waals surface area contributed by atoms with E-state index >= 15 is 0 Å². The second-order valence-electron chi connectivity index (χ2n) is 12.2. The molecule has 0 atom stereocenters. The summed E-state index contributed by atoms with van der Waals surface area (Å²) in [4.78, 5) is 18.6. The number of hydrogen-bond acceptors (Lipinski definition) is 5. The van der Waals surface area contributed by atoms with Gasteiger partial charge in [-0.2, -0.15) is 18.4 Å². The molecule has 1 aliphatic rings. The van der Waals surface area contributed by atoms with Crippen molar-refractivity contribution in [2.24, 2.45) is 0 Å². The van der Waals surface area contributed by atoms with Gasteiger partial charge in [0, 0.05) is 54.7 Å². The number of alkyl halides is 3. The van der Waals surface area contributed by atoms with Gasteiger partial charge in [-0.05, 0) is 91.8 Å². The quantitative estimate of drug-likeness (QED) is 0.217. The average Bonchev–Trinajstić information content (AvgIpc) is 3.37. The first-order valence-corrected chi connectivity index (χ1v) is 15.3. The fourth-order valence-corrected chi connectivity index (χ4v) is 5.62. The van der Waals surface area contributed by atoms with Gasteiger partial charge in [0.2, 0.25) is 5.91 Å². The third-order valence-corrected chi connectivity index (χ3v) is 8.33. The van der Waals surface area contributed by atoms with Crippen LogP contribution in [0.15, 0.2) is 73.1 Å². The highest BCUT2D eigenvalue weighted by Crippen LogP contribution is 2.27. The van der Waals surface area contributed by atoms with Gasteiger partial charge in [-0.25, -0.2) is 0 Å². The molecule has 10 heteroatoms. The highest BCUT2D eigenvalue weighted by molar-refractivity contribution is 5.83. The van der Waals surface area contributed by atoms with Crippen molar-refractivity contribution in [1.82, 2.24) is 19.8 Å². The maximum absolute atomic E-state index is 13.5. The lowest BCUT2D eigenvalue weighted by Crippen LogP contribution is -2.45. The summed E-state index contributed by atoms with van der Waals surface area (Å²) in [7, 11) is 0. The Bertz CT molecular complexity index is 1750. The van der Waals surface area contributed by atoms with Crippen molar-refractivity contribution >= 4 is 22.5 Å². The molecular formula is C36H37F3N6O. The molecule has 7 nitrogen and oxygen atoms in total. The molecule has 0 aliphatic carbocycles. The van der Waals surface area contributed by atoms with E-state index in [-0.39, 0.29) is 18.5 Å². The van der Waals surface area contributed by atoms with E-state index in [1.165, 1.54) is 4.57 Å². The number of hydrogen-bond donors (Lipinski definition) is 2. The largest absolute Gasteiger partial charge is 0.406 e. The zero-order valence-electron chi connectivity index (χ0n) is 26.0. The number of amides is 1. The van der Waals surface area contributed by atoms with Gasteiger partial charge in [-0.3, -0.25) is 9.78 Å². The number of piperidine rings is 1. The van der Waals surface area contributed by atoms with Crippen LogP contribution in [0.25, 0.3) is 10.9 Å². The number of pyridine rings is 1. The van der Waals surface area contributed by atoms with E-state index in [1.807, 2.05) is 67.3 Å². The second kappa shape index (κ2) is 14.1. The molecule has 0 radical (unpaired) electrons. The number of likely N-dealkylation sites (tertiary alicyclic amines) is 1. The zero-order valence-corrected chi connectivity index (χ0v) is 26.0. The summed E-state index contributed by atoms with van der Waals surface area (Å²) in [5, 5.41) is 16.8. The first-order chi connectivity index (χ1) is 22.0. The molecule has 2 aromatic heterocycles. The van der Waals surface area contributed by atoms with Crippen molar-refractivity contribution in [2.45, 2.75) is 63.8 Å². The number of carbonyl (C=O) groups excluding carboxylic acids is 1. The number of anilines is 1. The average molecular weight is 627 g/mol. The summed E-state index contributed by atoms with van der Waals surface area (Å²) >= 11 is 0. The van der Waals surface area contributed by atoms with Gasteiger partial charge in [0.05, 0.1) is 30.1 Å². The second-order valence-corrected chi connectivity index (χ2v) is 12.2. The van der Waals surface area contributed by atoms with E-state index in [0.29, 0.717) is 42.7 Å². The number of nitriles is 1. The lowest BCUT2D eigenvalue weighted by molar-refractivity contribution is -0.140. The van der Waals surface area contributed by atoms with Crippen molar-refractivity contribution < 1.29 is 18.0 Å². The van der Waals surface area contributed by atoms with Crippen LogP contribution >= 0.6 is 0 Å². The van der Waals surface area contributed by atoms with Gasteiger partial charge >= 0.3 is 6.18 Å². The zero-order chi connectivity index (χ0) is 32.7. The monoisotopic (exact) mass is 626 g/mol. The number of nitrogens with zero attached hydrogens (tertiary/aromatic N) is 4. The number of fused-ring (bicyclic) bond motifs is 1. The van der Waals surface area contributed by atoms with Gasteiger partial charge in [0.1, 0.15) is 6.54 Å². The van der Waals surface area contributed by atoms with Crippen LogP contribution in [0, 0.1) is 23.2 Å². The Kier molecular flexibility index (Phi) is 9.99. The predicted molar refractivity (Wildman–Crippen MR) is 173 cm³/mol. The van der Waals surface area contributed by atoms with Crippen LogP contribution < -0.4 is 10.6 Å². The van der Waals surface area contributed by atoms with E-state index in [2.05, 4.69) is 33.5 Å². The topological polar surface area (TPSA) is 86.0 Å². The van der Waals surface area contributed by atoms with Crippen molar-refractivity contribution in [1.29, 1.82) is 5.26 Å².